The fraction of sp³-hybridized carbons (Fsp3) is 0.0833. The van der Waals surface area contributed by atoms with E-state index in [4.69, 9.17) is 10.5 Å². The van der Waals surface area contributed by atoms with Gasteiger partial charge in [0, 0.05) is 0 Å². The van der Waals surface area contributed by atoms with Crippen LogP contribution in [0.5, 0.6) is 5.88 Å². The highest BCUT2D eigenvalue weighted by molar-refractivity contribution is 5.84. The molecule has 0 aliphatic carbocycles. The number of halogens is 1. The largest absolute Gasteiger partial charge is 0.472 e. The molecule has 1 heterocycles. The molecule has 0 radical (unpaired) electrons. The fourth-order valence-corrected chi connectivity index (χ4v) is 1.40. The van der Waals surface area contributed by atoms with Crippen molar-refractivity contribution in [3.63, 3.8) is 0 Å². The summed E-state index contributed by atoms with van der Waals surface area (Å²) in [4.78, 5) is 18.3. The van der Waals surface area contributed by atoms with Gasteiger partial charge >= 0.3 is 0 Å². The van der Waals surface area contributed by atoms with Crippen molar-refractivity contribution in [3.05, 3.63) is 47.5 Å². The molecular formula is C12H10FN3O2. The predicted octanol–water partition coefficient (Wildman–Crippen LogP) is 1.59. The molecule has 0 aliphatic rings. The number of carbonyl (C=O) groups excluding carboxylic acids is 1. The summed E-state index contributed by atoms with van der Waals surface area (Å²) in [5.74, 6) is -0.218. The number of nitrogens with two attached hydrogens (primary N) is 1. The van der Waals surface area contributed by atoms with Crippen LogP contribution in [0.4, 0.5) is 10.2 Å². The molecule has 18 heavy (non-hydrogen) atoms. The number of rotatable bonds is 4. The fourth-order valence-electron chi connectivity index (χ4n) is 1.40. The Kier molecular flexibility index (Phi) is 3.47. The molecule has 5 nitrogen and oxygen atoms in total. The maximum Gasteiger partial charge on any atom is 0.229 e. The van der Waals surface area contributed by atoms with E-state index in [0.717, 1.165) is 0 Å². The number of benzene rings is 1. The molecule has 1 aromatic carbocycles. The standard InChI is InChI=1S/C12H10FN3O2/c13-9-3-1-2-8(4-9)6-18-12-10(5-17)11(14)15-7-16-12/h1-5,7H,6H2,(H2,14,15,16). The summed E-state index contributed by atoms with van der Waals surface area (Å²) in [6.45, 7) is 0.0923. The molecule has 2 rings (SSSR count). The third-order valence-corrected chi connectivity index (χ3v) is 2.26. The van der Waals surface area contributed by atoms with E-state index in [1.54, 1.807) is 12.1 Å². The maximum atomic E-state index is 12.9. The molecule has 0 aliphatic heterocycles. The molecule has 0 saturated carbocycles. The zero-order chi connectivity index (χ0) is 13.0. The van der Waals surface area contributed by atoms with Gasteiger partial charge in [-0.1, -0.05) is 12.1 Å². The van der Waals surface area contributed by atoms with Crippen LogP contribution in [-0.2, 0) is 6.61 Å². The highest BCUT2D eigenvalue weighted by Gasteiger charge is 2.09. The lowest BCUT2D eigenvalue weighted by molar-refractivity contribution is 0.111. The van der Waals surface area contributed by atoms with Crippen molar-refractivity contribution in [3.8, 4) is 5.88 Å². The van der Waals surface area contributed by atoms with Gasteiger partial charge in [-0.3, -0.25) is 4.79 Å². The van der Waals surface area contributed by atoms with E-state index in [9.17, 15) is 9.18 Å². The first-order valence-corrected chi connectivity index (χ1v) is 5.13. The minimum Gasteiger partial charge on any atom is -0.472 e. The van der Waals surface area contributed by atoms with Crippen LogP contribution in [0.2, 0.25) is 0 Å². The third kappa shape index (κ3) is 2.60. The van der Waals surface area contributed by atoms with Crippen LogP contribution in [0.3, 0.4) is 0 Å². The van der Waals surface area contributed by atoms with Gasteiger partial charge in [-0.15, -0.1) is 0 Å². The van der Waals surface area contributed by atoms with Crippen LogP contribution in [0.1, 0.15) is 15.9 Å². The Labute approximate surface area is 102 Å². The molecule has 0 spiro atoms. The van der Waals surface area contributed by atoms with E-state index in [-0.39, 0.29) is 29.7 Å². The second-order valence-corrected chi connectivity index (χ2v) is 3.51. The van der Waals surface area contributed by atoms with Gasteiger partial charge in [0.05, 0.1) is 0 Å². The van der Waals surface area contributed by atoms with Crippen molar-refractivity contribution >= 4 is 12.1 Å². The molecule has 0 fully saturated rings. The second kappa shape index (κ2) is 5.22. The van der Waals surface area contributed by atoms with Gasteiger partial charge in [-0.05, 0) is 17.7 Å². The van der Waals surface area contributed by atoms with Gasteiger partial charge in [-0.25, -0.2) is 14.4 Å². The van der Waals surface area contributed by atoms with E-state index < -0.39 is 0 Å². The highest BCUT2D eigenvalue weighted by Crippen LogP contribution is 2.18. The van der Waals surface area contributed by atoms with Crippen LogP contribution in [0.25, 0.3) is 0 Å². The number of ether oxygens (including phenoxy) is 1. The van der Waals surface area contributed by atoms with E-state index in [1.807, 2.05) is 0 Å². The van der Waals surface area contributed by atoms with E-state index in [1.165, 1.54) is 18.5 Å². The molecule has 2 N–H and O–H groups in total. The Morgan fingerprint density at radius 2 is 2.22 bits per heavy atom. The minimum absolute atomic E-state index is 0.0502. The smallest absolute Gasteiger partial charge is 0.229 e. The number of hydrogen-bond donors (Lipinski definition) is 1. The second-order valence-electron chi connectivity index (χ2n) is 3.51. The molecule has 1 aromatic heterocycles. The molecule has 6 heteroatoms. The van der Waals surface area contributed by atoms with Crippen LogP contribution < -0.4 is 10.5 Å². The number of aromatic nitrogens is 2. The van der Waals surface area contributed by atoms with Crippen LogP contribution in [-0.4, -0.2) is 16.3 Å². The van der Waals surface area contributed by atoms with E-state index in [0.29, 0.717) is 11.8 Å². The Morgan fingerprint density at radius 3 is 2.94 bits per heavy atom. The molecule has 0 unspecified atom stereocenters. The van der Waals surface area contributed by atoms with E-state index in [2.05, 4.69) is 9.97 Å². The molecule has 0 atom stereocenters. The lowest BCUT2D eigenvalue weighted by Gasteiger charge is -2.08. The number of nitrogens with zero attached hydrogens (tertiary/aromatic N) is 2. The monoisotopic (exact) mass is 247 g/mol. The van der Waals surface area contributed by atoms with Crippen LogP contribution in [0, 0.1) is 5.82 Å². The number of hydrogen-bond acceptors (Lipinski definition) is 5. The topological polar surface area (TPSA) is 78.1 Å². The summed E-state index contributed by atoms with van der Waals surface area (Å²) in [6, 6.07) is 5.95. The Morgan fingerprint density at radius 1 is 1.39 bits per heavy atom. The van der Waals surface area contributed by atoms with Gasteiger partial charge in [0.1, 0.15) is 30.1 Å². The van der Waals surface area contributed by atoms with Crippen molar-refractivity contribution in [2.75, 3.05) is 5.73 Å². The third-order valence-electron chi connectivity index (χ3n) is 2.26. The minimum atomic E-state index is -0.353. The molecular weight excluding hydrogens is 237 g/mol. The normalized spacial score (nSPS) is 10.1. The van der Waals surface area contributed by atoms with Crippen molar-refractivity contribution in [1.82, 2.24) is 9.97 Å². The first-order valence-electron chi connectivity index (χ1n) is 5.13. The molecule has 2 aromatic rings. The van der Waals surface area contributed by atoms with Crippen LogP contribution in [0.15, 0.2) is 30.6 Å². The first-order chi connectivity index (χ1) is 8.70. The molecule has 92 valence electrons. The van der Waals surface area contributed by atoms with E-state index >= 15 is 0 Å². The quantitative estimate of drug-likeness (QED) is 0.830. The number of aldehydes is 1. The first kappa shape index (κ1) is 12.0. The summed E-state index contributed by atoms with van der Waals surface area (Å²) in [5, 5.41) is 0. The maximum absolute atomic E-state index is 12.9. The number of carbonyl (C=O) groups is 1. The average Bonchev–Trinajstić information content (AvgIpc) is 2.36. The molecule has 0 saturated heterocycles. The van der Waals surface area contributed by atoms with Gasteiger partial charge in [0.2, 0.25) is 5.88 Å². The van der Waals surface area contributed by atoms with Crippen LogP contribution >= 0.6 is 0 Å². The summed E-state index contributed by atoms with van der Waals surface area (Å²) >= 11 is 0. The average molecular weight is 247 g/mol. The highest BCUT2D eigenvalue weighted by atomic mass is 19.1. The van der Waals surface area contributed by atoms with Crippen molar-refractivity contribution < 1.29 is 13.9 Å². The van der Waals surface area contributed by atoms with Gasteiger partial charge < -0.3 is 10.5 Å². The SMILES string of the molecule is Nc1ncnc(OCc2cccc(F)c2)c1C=O. The number of nitrogen functional groups attached to an aromatic ring is 1. The van der Waals surface area contributed by atoms with Crippen molar-refractivity contribution in [2.45, 2.75) is 6.61 Å². The lowest BCUT2D eigenvalue weighted by Crippen LogP contribution is -2.05. The summed E-state index contributed by atoms with van der Waals surface area (Å²) in [7, 11) is 0. The summed E-state index contributed by atoms with van der Waals surface area (Å²) in [6.07, 6.45) is 1.72. The lowest BCUT2D eigenvalue weighted by atomic mass is 10.2. The zero-order valence-corrected chi connectivity index (χ0v) is 9.34. The zero-order valence-electron chi connectivity index (χ0n) is 9.34. The van der Waals surface area contributed by atoms with Gasteiger partial charge in [-0.2, -0.15) is 0 Å². The Hall–Kier alpha value is -2.50. The Balaban J connectivity index is 2.15. The van der Waals surface area contributed by atoms with Gasteiger partial charge in [0.15, 0.2) is 6.29 Å². The molecule has 0 amide bonds. The van der Waals surface area contributed by atoms with Crippen molar-refractivity contribution in [1.29, 1.82) is 0 Å². The number of anilines is 1. The molecule has 0 bridgehead atoms. The Bertz CT molecular complexity index is 575. The van der Waals surface area contributed by atoms with Gasteiger partial charge in [0.25, 0.3) is 0 Å². The summed E-state index contributed by atoms with van der Waals surface area (Å²) < 4.78 is 18.3. The summed E-state index contributed by atoms with van der Waals surface area (Å²) in [5.41, 5.74) is 6.22. The predicted molar refractivity (Wildman–Crippen MR) is 62.6 cm³/mol. The van der Waals surface area contributed by atoms with Crippen molar-refractivity contribution in [2.24, 2.45) is 0 Å².